The van der Waals surface area contributed by atoms with Crippen molar-refractivity contribution in [2.45, 2.75) is 6.54 Å². The largest absolute Gasteiger partial charge is 0.477 e. The summed E-state index contributed by atoms with van der Waals surface area (Å²) in [6, 6.07) is 5.37. The van der Waals surface area contributed by atoms with Gasteiger partial charge in [0.05, 0.1) is 6.20 Å². The van der Waals surface area contributed by atoms with Crippen LogP contribution in [0.2, 0.25) is 0 Å². The van der Waals surface area contributed by atoms with Gasteiger partial charge in [-0.1, -0.05) is 6.07 Å². The zero-order valence-electron chi connectivity index (χ0n) is 10.3. The molecule has 0 bridgehead atoms. The molecule has 3 aromatic heterocycles. The number of pyridine rings is 1. The molecular weight excluding hydrogens is 371 g/mol. The SMILES string of the molecule is O=c1c(I)c(O)[n+](Cc2cncnc2)c2ccccn12. The van der Waals surface area contributed by atoms with E-state index in [0.717, 1.165) is 5.56 Å². The van der Waals surface area contributed by atoms with Crippen LogP contribution in [0.25, 0.3) is 5.65 Å². The Morgan fingerprint density at radius 1 is 1.30 bits per heavy atom. The number of hydrogen-bond donors (Lipinski definition) is 1. The van der Waals surface area contributed by atoms with E-state index in [4.69, 9.17) is 0 Å². The second kappa shape index (κ2) is 5.16. The quantitative estimate of drug-likeness (QED) is 0.525. The van der Waals surface area contributed by atoms with Gasteiger partial charge in [0, 0.05) is 24.0 Å². The average molecular weight is 381 g/mol. The van der Waals surface area contributed by atoms with Gasteiger partial charge in [-0.05, 0) is 28.7 Å². The lowest BCUT2D eigenvalue weighted by atomic mass is 10.3. The molecule has 3 aromatic rings. The number of aromatic hydroxyl groups is 1. The molecule has 0 spiro atoms. The van der Waals surface area contributed by atoms with E-state index in [9.17, 15) is 9.90 Å². The lowest BCUT2D eigenvalue weighted by Crippen LogP contribution is -2.41. The number of hydrogen-bond acceptors (Lipinski definition) is 4. The van der Waals surface area contributed by atoms with Crippen LogP contribution in [0.5, 0.6) is 5.88 Å². The van der Waals surface area contributed by atoms with E-state index in [1.165, 1.54) is 10.7 Å². The summed E-state index contributed by atoms with van der Waals surface area (Å²) >= 11 is 1.85. The van der Waals surface area contributed by atoms with Gasteiger partial charge in [-0.15, -0.1) is 0 Å². The van der Waals surface area contributed by atoms with Gasteiger partial charge < -0.3 is 5.11 Å². The first-order chi connectivity index (χ1) is 9.68. The molecule has 20 heavy (non-hydrogen) atoms. The highest BCUT2D eigenvalue weighted by atomic mass is 127. The van der Waals surface area contributed by atoms with Crippen molar-refractivity contribution in [1.82, 2.24) is 14.4 Å². The van der Waals surface area contributed by atoms with Gasteiger partial charge in [-0.25, -0.2) is 14.8 Å². The maximum Gasteiger partial charge on any atom is 0.359 e. The van der Waals surface area contributed by atoms with Crippen molar-refractivity contribution in [1.29, 1.82) is 0 Å². The minimum absolute atomic E-state index is 0.0503. The molecule has 0 aromatic carbocycles. The second-order valence-corrected chi connectivity index (χ2v) is 5.28. The molecule has 0 saturated carbocycles. The molecule has 3 heterocycles. The fourth-order valence-corrected chi connectivity index (χ4v) is 2.56. The van der Waals surface area contributed by atoms with Crippen molar-refractivity contribution in [3.05, 3.63) is 62.6 Å². The topological polar surface area (TPSA) is 71.4 Å². The molecule has 0 aliphatic carbocycles. The van der Waals surface area contributed by atoms with E-state index in [-0.39, 0.29) is 15.0 Å². The van der Waals surface area contributed by atoms with E-state index >= 15 is 0 Å². The minimum Gasteiger partial charge on any atom is -0.477 e. The smallest absolute Gasteiger partial charge is 0.359 e. The van der Waals surface area contributed by atoms with Crippen LogP contribution in [-0.4, -0.2) is 19.5 Å². The predicted molar refractivity (Wildman–Crippen MR) is 79.4 cm³/mol. The molecule has 0 radical (unpaired) electrons. The maximum absolute atomic E-state index is 12.1. The van der Waals surface area contributed by atoms with Crippen molar-refractivity contribution in [3.63, 3.8) is 0 Å². The van der Waals surface area contributed by atoms with Crippen molar-refractivity contribution in [2.24, 2.45) is 0 Å². The van der Waals surface area contributed by atoms with Gasteiger partial charge in [0.1, 0.15) is 12.9 Å². The van der Waals surface area contributed by atoms with Crippen molar-refractivity contribution < 1.29 is 9.67 Å². The molecule has 0 aliphatic rings. The summed E-state index contributed by atoms with van der Waals surface area (Å²) in [5.41, 5.74) is 1.21. The Bertz CT molecular complexity index is 833. The van der Waals surface area contributed by atoms with Gasteiger partial charge >= 0.3 is 11.4 Å². The summed E-state index contributed by atoms with van der Waals surface area (Å²) in [6.45, 7) is 0.385. The van der Waals surface area contributed by atoms with E-state index in [2.05, 4.69) is 9.97 Å². The summed E-state index contributed by atoms with van der Waals surface area (Å²) in [6.07, 6.45) is 6.48. The standard InChI is InChI=1S/C13H9IN4O2/c14-11-12(19)17-4-2-1-3-10(17)18(13(11)20)7-9-5-15-8-16-6-9/h1-6,8H,7H2/p+1. The van der Waals surface area contributed by atoms with Gasteiger partial charge in [0.2, 0.25) is 0 Å². The van der Waals surface area contributed by atoms with Crippen LogP contribution in [-0.2, 0) is 6.54 Å². The molecule has 7 heteroatoms. The van der Waals surface area contributed by atoms with Gasteiger partial charge in [0.15, 0.2) is 3.57 Å². The van der Waals surface area contributed by atoms with Crippen LogP contribution >= 0.6 is 22.6 Å². The third kappa shape index (κ3) is 2.13. The van der Waals surface area contributed by atoms with E-state index < -0.39 is 0 Å². The Morgan fingerprint density at radius 2 is 2.05 bits per heavy atom. The average Bonchev–Trinajstić information content (AvgIpc) is 2.50. The highest BCUT2D eigenvalue weighted by Crippen LogP contribution is 2.12. The second-order valence-electron chi connectivity index (χ2n) is 4.20. The summed E-state index contributed by atoms with van der Waals surface area (Å²) in [5.74, 6) is -0.0503. The molecule has 3 rings (SSSR count). The molecule has 6 nitrogen and oxygen atoms in total. The Hall–Kier alpha value is -2.03. The minimum atomic E-state index is -0.237. The van der Waals surface area contributed by atoms with E-state index in [1.54, 1.807) is 35.3 Å². The molecule has 0 unspecified atom stereocenters. The third-order valence-corrected chi connectivity index (χ3v) is 3.87. The Labute approximate surface area is 127 Å². The van der Waals surface area contributed by atoms with Crippen LogP contribution in [0, 0.1) is 3.57 Å². The van der Waals surface area contributed by atoms with Gasteiger partial charge in [0.25, 0.3) is 5.65 Å². The monoisotopic (exact) mass is 381 g/mol. The fourth-order valence-electron chi connectivity index (χ4n) is 2.00. The van der Waals surface area contributed by atoms with Crippen molar-refractivity contribution >= 4 is 28.2 Å². The first-order valence-corrected chi connectivity index (χ1v) is 6.92. The highest BCUT2D eigenvalue weighted by Gasteiger charge is 2.21. The molecule has 0 aliphatic heterocycles. The molecule has 0 fully saturated rings. The summed E-state index contributed by atoms with van der Waals surface area (Å²) in [4.78, 5) is 20.0. The van der Waals surface area contributed by atoms with Crippen LogP contribution < -0.4 is 10.1 Å². The van der Waals surface area contributed by atoms with E-state index in [0.29, 0.717) is 12.2 Å². The molecule has 0 atom stereocenters. The molecule has 0 amide bonds. The van der Waals surface area contributed by atoms with E-state index in [1.807, 2.05) is 28.7 Å². The number of nitrogens with zero attached hydrogens (tertiary/aromatic N) is 4. The summed E-state index contributed by atoms with van der Waals surface area (Å²) in [5, 5.41) is 10.2. The lowest BCUT2D eigenvalue weighted by Gasteiger charge is -2.06. The lowest BCUT2D eigenvalue weighted by molar-refractivity contribution is -0.673. The molecular formula is C13H10IN4O2+. The number of halogens is 1. The Kier molecular flexibility index (Phi) is 3.35. The summed E-state index contributed by atoms with van der Waals surface area (Å²) in [7, 11) is 0. The first-order valence-electron chi connectivity index (χ1n) is 5.84. The first kappa shape index (κ1) is 13.0. The number of aromatic nitrogens is 4. The predicted octanol–water partition coefficient (Wildman–Crippen LogP) is 0.736. The van der Waals surface area contributed by atoms with Crippen LogP contribution in [0.15, 0.2) is 47.9 Å². The third-order valence-electron chi connectivity index (χ3n) is 2.93. The Balaban J connectivity index is 2.27. The van der Waals surface area contributed by atoms with Crippen LogP contribution in [0.4, 0.5) is 0 Å². The molecule has 0 saturated heterocycles. The zero-order valence-corrected chi connectivity index (χ0v) is 12.4. The molecule has 1 N–H and O–H groups in total. The normalized spacial score (nSPS) is 10.8. The highest BCUT2D eigenvalue weighted by molar-refractivity contribution is 14.1. The maximum atomic E-state index is 12.1. The van der Waals surface area contributed by atoms with Crippen LogP contribution in [0.1, 0.15) is 5.56 Å². The van der Waals surface area contributed by atoms with Crippen molar-refractivity contribution in [2.75, 3.05) is 0 Å². The number of rotatable bonds is 2. The van der Waals surface area contributed by atoms with Gasteiger partial charge in [-0.3, -0.25) is 0 Å². The Morgan fingerprint density at radius 3 is 2.80 bits per heavy atom. The fraction of sp³-hybridized carbons (Fsp3) is 0.0769. The summed E-state index contributed by atoms with van der Waals surface area (Å²) < 4.78 is 3.44. The molecule has 100 valence electrons. The van der Waals surface area contributed by atoms with Crippen LogP contribution in [0.3, 0.4) is 0 Å². The van der Waals surface area contributed by atoms with Crippen molar-refractivity contribution in [3.8, 4) is 5.88 Å². The number of fused-ring (bicyclic) bond motifs is 1. The zero-order chi connectivity index (χ0) is 14.1. The van der Waals surface area contributed by atoms with Gasteiger partial charge in [-0.2, -0.15) is 8.97 Å².